The number of hydrogen-bond acceptors (Lipinski definition) is 6. The van der Waals surface area contributed by atoms with E-state index in [0.29, 0.717) is 11.2 Å². The molecule has 0 unspecified atom stereocenters. The van der Waals surface area contributed by atoms with Crippen molar-refractivity contribution in [3.63, 3.8) is 0 Å². The fourth-order valence-electron chi connectivity index (χ4n) is 3.43. The number of ether oxygens (including phenoxy) is 1. The minimum atomic E-state index is -0.0222. The fourth-order valence-corrected chi connectivity index (χ4v) is 3.43. The van der Waals surface area contributed by atoms with E-state index in [0.717, 1.165) is 61.9 Å². The van der Waals surface area contributed by atoms with Gasteiger partial charge >= 0.3 is 0 Å². The molecule has 0 aliphatic carbocycles. The van der Waals surface area contributed by atoms with Crippen LogP contribution in [0.25, 0.3) is 16.8 Å². The van der Waals surface area contributed by atoms with Crippen molar-refractivity contribution in [3.05, 3.63) is 47.7 Å². The number of morpholine rings is 1. The molecule has 0 aromatic carbocycles. The van der Waals surface area contributed by atoms with E-state index < -0.39 is 0 Å². The molecule has 4 rings (SSSR count). The van der Waals surface area contributed by atoms with Crippen LogP contribution >= 0.6 is 0 Å². The van der Waals surface area contributed by atoms with Gasteiger partial charge in [-0.3, -0.25) is 15.3 Å². The summed E-state index contributed by atoms with van der Waals surface area (Å²) in [5, 5.41) is 12.8. The van der Waals surface area contributed by atoms with Crippen molar-refractivity contribution in [1.29, 1.82) is 5.41 Å². The van der Waals surface area contributed by atoms with Gasteiger partial charge in [0, 0.05) is 49.7 Å². The Labute approximate surface area is 157 Å². The summed E-state index contributed by atoms with van der Waals surface area (Å²) in [6.45, 7) is 6.31. The van der Waals surface area contributed by atoms with Gasteiger partial charge in [0.25, 0.3) is 0 Å². The minimum Gasteiger partial charge on any atom is -0.384 e. The molecule has 3 N–H and O–H groups in total. The first-order chi connectivity index (χ1) is 13.1. The second kappa shape index (κ2) is 7.42. The van der Waals surface area contributed by atoms with Gasteiger partial charge in [-0.15, -0.1) is 0 Å². The van der Waals surface area contributed by atoms with Gasteiger partial charge in [0.1, 0.15) is 5.84 Å². The summed E-state index contributed by atoms with van der Waals surface area (Å²) >= 11 is 0. The van der Waals surface area contributed by atoms with Crippen LogP contribution in [0.1, 0.15) is 17.1 Å². The van der Waals surface area contributed by atoms with Crippen LogP contribution in [0.15, 0.2) is 30.6 Å². The van der Waals surface area contributed by atoms with Gasteiger partial charge in [0.05, 0.1) is 18.8 Å². The van der Waals surface area contributed by atoms with Crippen molar-refractivity contribution in [2.45, 2.75) is 13.3 Å². The highest BCUT2D eigenvalue weighted by Crippen LogP contribution is 2.27. The molecule has 0 bridgehead atoms. The highest BCUT2D eigenvalue weighted by Gasteiger charge is 2.19. The van der Waals surface area contributed by atoms with Crippen LogP contribution in [0.5, 0.6) is 0 Å². The molecule has 0 radical (unpaired) electrons. The number of nitrogens with zero attached hydrogens (tertiary/aromatic N) is 5. The standard InChI is InChI=1S/C19H23N7O/c1-13-11-15(14-3-2-5-22-12-14)17(18(20)21)19-23-16(24-26(13)19)4-6-25-7-9-27-10-8-25/h2-3,5,11-12H,4,6-10H2,1H3,(H3,20,21). The van der Waals surface area contributed by atoms with Crippen LogP contribution in [-0.4, -0.2) is 63.2 Å². The molecule has 1 aliphatic heterocycles. The first-order valence-corrected chi connectivity index (χ1v) is 9.07. The first-order valence-electron chi connectivity index (χ1n) is 9.07. The molecule has 1 fully saturated rings. The van der Waals surface area contributed by atoms with Gasteiger partial charge in [0.15, 0.2) is 11.5 Å². The average molecular weight is 365 g/mol. The van der Waals surface area contributed by atoms with E-state index >= 15 is 0 Å². The van der Waals surface area contributed by atoms with E-state index in [2.05, 4.69) is 15.0 Å². The van der Waals surface area contributed by atoms with Gasteiger partial charge in [-0.1, -0.05) is 6.07 Å². The van der Waals surface area contributed by atoms with Crippen LogP contribution in [0, 0.1) is 12.3 Å². The van der Waals surface area contributed by atoms with Gasteiger partial charge in [0.2, 0.25) is 0 Å². The molecule has 0 amide bonds. The topological polar surface area (TPSA) is 105 Å². The van der Waals surface area contributed by atoms with Gasteiger partial charge in [-0.2, -0.15) is 5.10 Å². The Kier molecular flexibility index (Phi) is 4.83. The van der Waals surface area contributed by atoms with Gasteiger partial charge < -0.3 is 10.5 Å². The van der Waals surface area contributed by atoms with E-state index in [9.17, 15) is 0 Å². The molecule has 1 saturated heterocycles. The Bertz CT molecular complexity index is 961. The third-order valence-electron chi connectivity index (χ3n) is 4.83. The number of nitrogen functional groups attached to an aromatic ring is 1. The minimum absolute atomic E-state index is 0.0222. The zero-order valence-corrected chi connectivity index (χ0v) is 15.4. The molecule has 8 heteroatoms. The van der Waals surface area contributed by atoms with E-state index in [1.807, 2.05) is 25.1 Å². The quantitative estimate of drug-likeness (QED) is 0.521. The zero-order chi connectivity index (χ0) is 18.8. The van der Waals surface area contributed by atoms with E-state index in [-0.39, 0.29) is 5.84 Å². The molecule has 3 aromatic heterocycles. The highest BCUT2D eigenvalue weighted by atomic mass is 16.5. The number of pyridine rings is 2. The molecule has 0 spiro atoms. The molecule has 0 atom stereocenters. The lowest BCUT2D eigenvalue weighted by atomic mass is 10.0. The number of aromatic nitrogens is 4. The number of aryl methyl sites for hydroxylation is 1. The Morgan fingerprint density at radius 2 is 2.15 bits per heavy atom. The first kappa shape index (κ1) is 17.6. The lowest BCUT2D eigenvalue weighted by molar-refractivity contribution is 0.0382. The van der Waals surface area contributed by atoms with Crippen molar-refractivity contribution in [1.82, 2.24) is 24.5 Å². The molecule has 27 heavy (non-hydrogen) atoms. The highest BCUT2D eigenvalue weighted by molar-refractivity contribution is 6.06. The van der Waals surface area contributed by atoms with Crippen LogP contribution in [0.2, 0.25) is 0 Å². The van der Waals surface area contributed by atoms with E-state index in [1.54, 1.807) is 16.9 Å². The fraction of sp³-hybridized carbons (Fsp3) is 0.368. The maximum atomic E-state index is 8.10. The van der Waals surface area contributed by atoms with Crippen molar-refractivity contribution in [2.24, 2.45) is 5.73 Å². The third kappa shape index (κ3) is 3.54. The smallest absolute Gasteiger partial charge is 0.167 e. The normalized spacial score (nSPS) is 15.3. The molecular weight excluding hydrogens is 342 g/mol. The lowest BCUT2D eigenvalue weighted by Crippen LogP contribution is -2.37. The number of nitrogens with two attached hydrogens (primary N) is 1. The summed E-state index contributed by atoms with van der Waals surface area (Å²) in [4.78, 5) is 11.3. The van der Waals surface area contributed by atoms with Crippen molar-refractivity contribution in [2.75, 3.05) is 32.8 Å². The van der Waals surface area contributed by atoms with E-state index in [1.165, 1.54) is 0 Å². The average Bonchev–Trinajstić information content (AvgIpc) is 3.12. The molecule has 8 nitrogen and oxygen atoms in total. The summed E-state index contributed by atoms with van der Waals surface area (Å²) in [7, 11) is 0. The van der Waals surface area contributed by atoms with Crippen molar-refractivity contribution in [3.8, 4) is 11.1 Å². The summed E-state index contributed by atoms with van der Waals surface area (Å²) in [5.41, 5.74) is 9.85. The second-order valence-electron chi connectivity index (χ2n) is 6.70. The van der Waals surface area contributed by atoms with Crippen molar-refractivity contribution >= 4 is 11.5 Å². The summed E-state index contributed by atoms with van der Waals surface area (Å²) < 4.78 is 7.18. The Balaban J connectivity index is 1.72. The molecule has 3 aromatic rings. The van der Waals surface area contributed by atoms with E-state index in [4.69, 9.17) is 20.9 Å². The van der Waals surface area contributed by atoms with Crippen LogP contribution < -0.4 is 5.73 Å². The zero-order valence-electron chi connectivity index (χ0n) is 15.4. The molecule has 0 saturated carbocycles. The van der Waals surface area contributed by atoms with Crippen LogP contribution in [-0.2, 0) is 11.2 Å². The monoisotopic (exact) mass is 365 g/mol. The summed E-state index contributed by atoms with van der Waals surface area (Å²) in [6, 6.07) is 5.82. The predicted octanol–water partition coefficient (Wildman–Crippen LogP) is 1.26. The number of hydrogen-bond donors (Lipinski definition) is 2. The SMILES string of the molecule is Cc1cc(-c2cccnc2)c(C(=N)N)c2nc(CCN3CCOCC3)nn12. The second-order valence-corrected chi connectivity index (χ2v) is 6.70. The summed E-state index contributed by atoms with van der Waals surface area (Å²) in [5.74, 6) is 0.737. The molecule has 4 heterocycles. The maximum Gasteiger partial charge on any atom is 0.167 e. The lowest BCUT2D eigenvalue weighted by Gasteiger charge is -2.25. The number of nitrogens with one attached hydrogen (secondary N) is 1. The Morgan fingerprint density at radius 1 is 1.33 bits per heavy atom. The number of rotatable bonds is 5. The number of fused-ring (bicyclic) bond motifs is 1. The van der Waals surface area contributed by atoms with Crippen molar-refractivity contribution < 1.29 is 4.74 Å². The third-order valence-corrected chi connectivity index (χ3v) is 4.83. The largest absolute Gasteiger partial charge is 0.384 e. The summed E-state index contributed by atoms with van der Waals surface area (Å²) in [6.07, 6.45) is 4.25. The Morgan fingerprint density at radius 3 is 2.85 bits per heavy atom. The molecule has 1 aliphatic rings. The predicted molar refractivity (Wildman–Crippen MR) is 103 cm³/mol. The molecule has 140 valence electrons. The molecular formula is C19H23N7O. The number of amidine groups is 1. The maximum absolute atomic E-state index is 8.10. The Hall–Kier alpha value is -2.84. The van der Waals surface area contributed by atoms with Crippen LogP contribution in [0.3, 0.4) is 0 Å². The van der Waals surface area contributed by atoms with Gasteiger partial charge in [-0.05, 0) is 24.6 Å². The van der Waals surface area contributed by atoms with Crippen LogP contribution in [0.4, 0.5) is 0 Å². The van der Waals surface area contributed by atoms with Gasteiger partial charge in [-0.25, -0.2) is 9.50 Å².